The minimum Gasteiger partial charge on any atom is -0.324 e. The summed E-state index contributed by atoms with van der Waals surface area (Å²) >= 11 is 0. The van der Waals surface area contributed by atoms with Crippen LogP contribution < -0.4 is 10.6 Å². The smallest absolute Gasteiger partial charge is 0.227 e. The number of aromatic nitrogens is 4. The molecule has 1 saturated carbocycles. The van der Waals surface area contributed by atoms with Gasteiger partial charge >= 0.3 is 0 Å². The van der Waals surface area contributed by atoms with Crippen LogP contribution in [0, 0.1) is 24.7 Å². The number of nitrogens with one attached hydrogen (secondary N) is 2. The van der Waals surface area contributed by atoms with E-state index in [1.807, 2.05) is 90.1 Å². The average Bonchev–Trinajstić information content (AvgIpc) is 3.95. The summed E-state index contributed by atoms with van der Waals surface area (Å²) < 4.78 is 0. The number of fused-ring (bicyclic) bond motifs is 1. The first-order valence-corrected chi connectivity index (χ1v) is 17.7. The second-order valence-electron chi connectivity index (χ2n) is 11.3. The van der Waals surface area contributed by atoms with Gasteiger partial charge in [-0.25, -0.2) is 19.9 Å². The number of hydrogen-bond donors (Lipinski definition) is 2. The Balaban J connectivity index is 0.000000856. The Labute approximate surface area is 292 Å². The predicted octanol–water partition coefficient (Wildman–Crippen LogP) is 11.7. The molecule has 0 amide bonds. The second-order valence-corrected chi connectivity index (χ2v) is 11.3. The zero-order valence-electron chi connectivity index (χ0n) is 30.1. The van der Waals surface area contributed by atoms with Gasteiger partial charge in [0.2, 0.25) is 11.9 Å². The van der Waals surface area contributed by atoms with Gasteiger partial charge in [0, 0.05) is 35.3 Å². The van der Waals surface area contributed by atoms with Gasteiger partial charge in [0.05, 0.1) is 22.8 Å². The number of aryl methyl sites for hydroxylation is 1. The third-order valence-corrected chi connectivity index (χ3v) is 7.78. The van der Waals surface area contributed by atoms with Crippen LogP contribution in [-0.2, 0) is 0 Å². The lowest BCUT2D eigenvalue weighted by atomic mass is 10.0. The summed E-state index contributed by atoms with van der Waals surface area (Å²) in [5, 5.41) is 16.0. The molecule has 1 fully saturated rings. The maximum Gasteiger partial charge on any atom is 0.227 e. The Morgan fingerprint density at radius 2 is 1.45 bits per heavy atom. The Morgan fingerprint density at radius 1 is 0.755 bits per heavy atom. The highest BCUT2D eigenvalue weighted by Gasteiger charge is 2.41. The fourth-order valence-corrected chi connectivity index (χ4v) is 5.37. The van der Waals surface area contributed by atoms with E-state index in [0.717, 1.165) is 58.1 Å². The van der Waals surface area contributed by atoms with Crippen LogP contribution in [0.25, 0.3) is 16.8 Å². The van der Waals surface area contributed by atoms with Crippen molar-refractivity contribution in [2.75, 3.05) is 10.6 Å². The lowest BCUT2D eigenvalue weighted by molar-refractivity contribution is 0.729. The zero-order valence-corrected chi connectivity index (χ0v) is 30.1. The van der Waals surface area contributed by atoms with E-state index in [-0.39, 0.29) is 0 Å². The number of nitrogens with zero attached hydrogens (tertiary/aromatic N) is 6. The Morgan fingerprint density at radius 3 is 2.18 bits per heavy atom. The third kappa shape index (κ3) is 10.1. The maximum absolute atomic E-state index is 4.80. The van der Waals surface area contributed by atoms with Crippen LogP contribution in [0.1, 0.15) is 72.6 Å². The van der Waals surface area contributed by atoms with Crippen molar-refractivity contribution >= 4 is 28.8 Å². The van der Waals surface area contributed by atoms with Crippen molar-refractivity contribution in [2.24, 2.45) is 28.0 Å². The molecular weight excluding hydrogens is 605 g/mol. The van der Waals surface area contributed by atoms with Gasteiger partial charge in [0.15, 0.2) is 0 Å². The van der Waals surface area contributed by atoms with Gasteiger partial charge < -0.3 is 10.6 Å². The molecule has 2 aromatic carbocycles. The van der Waals surface area contributed by atoms with Crippen molar-refractivity contribution in [2.45, 2.75) is 68.2 Å². The molecule has 8 nitrogen and oxygen atoms in total. The predicted molar refractivity (Wildman–Crippen MR) is 205 cm³/mol. The highest BCUT2D eigenvalue weighted by Crippen LogP contribution is 2.51. The number of allylic oxidation sites excluding steroid dienone is 7. The highest BCUT2D eigenvalue weighted by atomic mass is 15.1. The summed E-state index contributed by atoms with van der Waals surface area (Å²) in [6.07, 6.45) is 16.6. The second kappa shape index (κ2) is 18.3. The van der Waals surface area contributed by atoms with Crippen LogP contribution in [0.15, 0.2) is 125 Å². The van der Waals surface area contributed by atoms with E-state index in [1.165, 1.54) is 5.56 Å². The van der Waals surface area contributed by atoms with Crippen LogP contribution >= 0.6 is 0 Å². The maximum atomic E-state index is 4.80. The molecule has 3 unspecified atom stereocenters. The van der Waals surface area contributed by atoms with Gasteiger partial charge in [-0.3, -0.25) is 0 Å². The first-order chi connectivity index (χ1) is 24.1. The fourth-order valence-electron chi connectivity index (χ4n) is 5.37. The standard InChI is InChI=1S/C35H32N8.3C2H6/c1-22-9-11-27(12-10-22)38-34-36-15-13-31(40-34)24-6-4-8-29(19-24)42-43-33-21-26(18-25-20-30(25)33)32-14-16-37-35(41-32)39-28-7-3-5-23(2)17-28;3*1-2/h3-4,6-19,21,23,25,30H,5,20H2,1-2H3,(H,36,38,40)(H,37,39,41);3*1-2H3. The summed E-state index contributed by atoms with van der Waals surface area (Å²) in [5.74, 6) is 2.52. The van der Waals surface area contributed by atoms with Crippen LogP contribution in [0.3, 0.4) is 0 Å². The zero-order chi connectivity index (χ0) is 35.2. The Hall–Kier alpha value is -5.24. The lowest BCUT2D eigenvalue weighted by Crippen LogP contribution is -2.07. The fraction of sp³-hybridized carbons (Fsp3) is 0.317. The summed E-state index contributed by atoms with van der Waals surface area (Å²) in [6.45, 7) is 16.3. The SMILES string of the molecule is CC.CC.CC.Cc1ccc(Nc2nccc(-c3cccc(N=NC4=CC(c5ccnc(NC6=CC(C)CC=C6)n5)=CC5CC45)c3)n2)cc1. The molecule has 0 saturated heterocycles. The van der Waals surface area contributed by atoms with E-state index in [1.54, 1.807) is 12.4 Å². The molecule has 2 aromatic heterocycles. The molecule has 3 aliphatic rings. The van der Waals surface area contributed by atoms with E-state index in [4.69, 9.17) is 15.1 Å². The minimum atomic E-state index is 0.409. The normalized spacial score (nSPS) is 18.4. The van der Waals surface area contributed by atoms with E-state index >= 15 is 0 Å². The monoisotopic (exact) mass is 654 g/mol. The topological polar surface area (TPSA) is 100 Å². The number of benzene rings is 2. The molecule has 3 aliphatic carbocycles. The number of rotatable bonds is 8. The van der Waals surface area contributed by atoms with Gasteiger partial charge in [0.1, 0.15) is 0 Å². The van der Waals surface area contributed by atoms with Crippen molar-refractivity contribution in [3.8, 4) is 11.3 Å². The van der Waals surface area contributed by atoms with Crippen LogP contribution in [-0.4, -0.2) is 19.9 Å². The Bertz CT molecular complexity index is 1820. The summed E-state index contributed by atoms with van der Waals surface area (Å²) in [5.41, 5.74) is 8.64. The molecule has 0 spiro atoms. The summed E-state index contributed by atoms with van der Waals surface area (Å²) in [6, 6.07) is 20.0. The Kier molecular flexibility index (Phi) is 13.7. The van der Waals surface area contributed by atoms with Gasteiger partial charge in [0.25, 0.3) is 0 Å². The molecule has 2 N–H and O–H groups in total. The molecule has 4 aromatic rings. The van der Waals surface area contributed by atoms with Crippen LogP contribution in [0.4, 0.5) is 23.3 Å². The first kappa shape index (κ1) is 36.6. The molecule has 49 heavy (non-hydrogen) atoms. The molecule has 0 aliphatic heterocycles. The van der Waals surface area contributed by atoms with Gasteiger partial charge in [-0.05, 0) is 85.7 Å². The van der Waals surface area contributed by atoms with E-state index in [2.05, 4.69) is 82.1 Å². The highest BCUT2D eigenvalue weighted by molar-refractivity contribution is 5.75. The summed E-state index contributed by atoms with van der Waals surface area (Å²) in [4.78, 5) is 18.4. The lowest BCUT2D eigenvalue weighted by Gasteiger charge is -2.14. The van der Waals surface area contributed by atoms with Crippen molar-refractivity contribution in [3.05, 3.63) is 126 Å². The molecule has 3 atom stereocenters. The van der Waals surface area contributed by atoms with Crippen molar-refractivity contribution in [3.63, 3.8) is 0 Å². The minimum absolute atomic E-state index is 0.409. The molecule has 0 bridgehead atoms. The molecule has 2 heterocycles. The third-order valence-electron chi connectivity index (χ3n) is 7.78. The molecular formula is C41H50N8. The van der Waals surface area contributed by atoms with Crippen molar-refractivity contribution < 1.29 is 0 Å². The van der Waals surface area contributed by atoms with Gasteiger partial charge in [-0.15, -0.1) is 0 Å². The molecule has 0 radical (unpaired) electrons. The summed E-state index contributed by atoms with van der Waals surface area (Å²) in [7, 11) is 0. The average molecular weight is 655 g/mol. The number of anilines is 3. The van der Waals surface area contributed by atoms with Crippen molar-refractivity contribution in [1.29, 1.82) is 0 Å². The largest absolute Gasteiger partial charge is 0.324 e. The van der Waals surface area contributed by atoms with Gasteiger partial charge in [-0.2, -0.15) is 10.2 Å². The quantitative estimate of drug-likeness (QED) is 0.183. The number of azo groups is 1. The van der Waals surface area contributed by atoms with Gasteiger partial charge in [-0.1, -0.05) is 96.5 Å². The van der Waals surface area contributed by atoms with Crippen LogP contribution in [0.5, 0.6) is 0 Å². The molecule has 7 rings (SSSR count). The molecule has 8 heteroatoms. The van der Waals surface area contributed by atoms with E-state index in [0.29, 0.717) is 29.7 Å². The van der Waals surface area contributed by atoms with Crippen LogP contribution in [0.2, 0.25) is 0 Å². The number of hydrogen-bond acceptors (Lipinski definition) is 8. The molecule has 254 valence electrons. The first-order valence-electron chi connectivity index (χ1n) is 17.7. The van der Waals surface area contributed by atoms with E-state index < -0.39 is 0 Å². The van der Waals surface area contributed by atoms with E-state index in [9.17, 15) is 0 Å². The van der Waals surface area contributed by atoms with Crippen molar-refractivity contribution in [1.82, 2.24) is 19.9 Å².